The van der Waals surface area contributed by atoms with E-state index in [1.54, 1.807) is 0 Å². The first-order valence-corrected chi connectivity index (χ1v) is 12.6. The maximum Gasteiger partial charge on any atom is 0.180 e. The fraction of sp³-hybridized carbons (Fsp3) is 0. The monoisotopic (exact) mass is 488 g/mol. The third-order valence-corrected chi connectivity index (χ3v) is 7.10. The summed E-state index contributed by atoms with van der Waals surface area (Å²) >= 11 is 0. The van der Waals surface area contributed by atoms with Gasteiger partial charge in [0.15, 0.2) is 11.4 Å². The van der Waals surface area contributed by atoms with E-state index < -0.39 is 0 Å². The summed E-state index contributed by atoms with van der Waals surface area (Å²) in [6, 6.07) is 41.0. The van der Waals surface area contributed by atoms with E-state index in [9.17, 15) is 0 Å². The highest BCUT2D eigenvalue weighted by atomic mass is 16.3. The molecular weight excluding hydrogens is 468 g/mol. The van der Waals surface area contributed by atoms with Gasteiger partial charge in [-0.25, -0.2) is 9.97 Å². The van der Waals surface area contributed by atoms with Crippen molar-refractivity contribution >= 4 is 44.0 Å². The molecule has 38 heavy (non-hydrogen) atoms. The number of furan rings is 2. The Bertz CT molecular complexity index is 2120. The largest absolute Gasteiger partial charge is 0.456 e. The topological polar surface area (TPSA) is 52.1 Å². The van der Waals surface area contributed by atoms with E-state index in [4.69, 9.17) is 18.8 Å². The molecule has 0 saturated heterocycles. The van der Waals surface area contributed by atoms with E-state index in [0.717, 1.165) is 66.4 Å². The number of hydrogen-bond donors (Lipinski definition) is 0. The lowest BCUT2D eigenvalue weighted by Crippen LogP contribution is -1.93. The molecule has 0 unspecified atom stereocenters. The van der Waals surface area contributed by atoms with Crippen molar-refractivity contribution in [3.63, 3.8) is 0 Å². The van der Waals surface area contributed by atoms with Gasteiger partial charge in [0.25, 0.3) is 0 Å². The Labute approximate surface area is 217 Å². The lowest BCUT2D eigenvalue weighted by Gasteiger charge is -2.06. The van der Waals surface area contributed by atoms with E-state index in [0.29, 0.717) is 11.4 Å². The van der Waals surface area contributed by atoms with Crippen LogP contribution in [0.5, 0.6) is 0 Å². The number of rotatable bonds is 3. The second-order valence-corrected chi connectivity index (χ2v) is 9.43. The van der Waals surface area contributed by atoms with Crippen LogP contribution < -0.4 is 0 Å². The standard InChI is InChI=1S/C34H20N2O2/c1-3-9-21(10-4-1)31-33-32(36-34(35-31)22-11-5-2-6-12-22)27-20-24(16-18-30(27)38-33)23-15-17-29-26(19-23)25-13-7-8-14-28(25)37-29/h1-20H. The van der Waals surface area contributed by atoms with Gasteiger partial charge in [0.1, 0.15) is 28.0 Å². The highest BCUT2D eigenvalue weighted by Crippen LogP contribution is 2.38. The Balaban J connectivity index is 1.37. The number of hydrogen-bond acceptors (Lipinski definition) is 4. The van der Waals surface area contributed by atoms with Crippen molar-refractivity contribution in [3.8, 4) is 33.8 Å². The quantitative estimate of drug-likeness (QED) is 0.249. The van der Waals surface area contributed by atoms with Crippen LogP contribution in [0.1, 0.15) is 0 Å². The van der Waals surface area contributed by atoms with E-state index in [2.05, 4.69) is 42.5 Å². The van der Waals surface area contributed by atoms with Gasteiger partial charge < -0.3 is 8.83 Å². The Morgan fingerprint density at radius 1 is 0.421 bits per heavy atom. The third kappa shape index (κ3) is 3.24. The van der Waals surface area contributed by atoms with Crippen LogP contribution in [0, 0.1) is 0 Å². The summed E-state index contributed by atoms with van der Waals surface area (Å²) in [5.41, 5.74) is 9.03. The first-order chi connectivity index (χ1) is 18.8. The Kier molecular flexibility index (Phi) is 4.49. The molecule has 8 rings (SSSR count). The molecule has 0 amide bonds. The SMILES string of the molecule is c1ccc(-c2nc(-c3ccccc3)c3oc4ccc(-c5ccc6oc7ccccc7c6c5)cc4c3n2)cc1. The minimum Gasteiger partial charge on any atom is -0.456 e. The number of fused-ring (bicyclic) bond motifs is 6. The summed E-state index contributed by atoms with van der Waals surface area (Å²) in [7, 11) is 0. The Morgan fingerprint density at radius 3 is 1.79 bits per heavy atom. The van der Waals surface area contributed by atoms with Gasteiger partial charge in [-0.1, -0.05) is 91.0 Å². The Morgan fingerprint density at radius 2 is 1.03 bits per heavy atom. The van der Waals surface area contributed by atoms with Crippen LogP contribution in [0.15, 0.2) is 130 Å². The molecule has 0 radical (unpaired) electrons. The molecule has 4 heteroatoms. The summed E-state index contributed by atoms with van der Waals surface area (Å²) < 4.78 is 12.4. The van der Waals surface area contributed by atoms with Gasteiger partial charge in [-0.15, -0.1) is 0 Å². The van der Waals surface area contributed by atoms with E-state index in [-0.39, 0.29) is 0 Å². The summed E-state index contributed by atoms with van der Waals surface area (Å²) in [5.74, 6) is 0.677. The molecule has 178 valence electrons. The van der Waals surface area contributed by atoms with Crippen LogP contribution in [0.25, 0.3) is 77.8 Å². The normalized spacial score (nSPS) is 11.7. The van der Waals surface area contributed by atoms with Crippen molar-refractivity contribution in [1.29, 1.82) is 0 Å². The smallest absolute Gasteiger partial charge is 0.180 e. The van der Waals surface area contributed by atoms with Crippen LogP contribution in [0.4, 0.5) is 0 Å². The van der Waals surface area contributed by atoms with E-state index in [1.165, 1.54) is 0 Å². The molecule has 0 saturated carbocycles. The highest BCUT2D eigenvalue weighted by Gasteiger charge is 2.19. The van der Waals surface area contributed by atoms with Crippen LogP contribution in [-0.4, -0.2) is 9.97 Å². The average molecular weight is 489 g/mol. The van der Waals surface area contributed by atoms with Gasteiger partial charge >= 0.3 is 0 Å². The van der Waals surface area contributed by atoms with Crippen LogP contribution in [0.3, 0.4) is 0 Å². The zero-order chi connectivity index (χ0) is 25.1. The molecule has 0 spiro atoms. The zero-order valence-corrected chi connectivity index (χ0v) is 20.3. The second kappa shape index (κ2) is 8.15. The molecule has 0 aliphatic rings. The van der Waals surface area contributed by atoms with Gasteiger partial charge in [-0.2, -0.15) is 0 Å². The maximum absolute atomic E-state index is 6.40. The molecule has 3 aromatic heterocycles. The second-order valence-electron chi connectivity index (χ2n) is 9.43. The predicted molar refractivity (Wildman–Crippen MR) is 153 cm³/mol. The van der Waals surface area contributed by atoms with Gasteiger partial charge in [0, 0.05) is 27.3 Å². The fourth-order valence-corrected chi connectivity index (χ4v) is 5.24. The van der Waals surface area contributed by atoms with Crippen molar-refractivity contribution < 1.29 is 8.83 Å². The molecule has 0 aliphatic carbocycles. The lowest BCUT2D eigenvalue weighted by molar-refractivity contribution is 0.667. The zero-order valence-electron chi connectivity index (χ0n) is 20.3. The molecule has 0 fully saturated rings. The minimum absolute atomic E-state index is 0.677. The molecule has 0 atom stereocenters. The van der Waals surface area contributed by atoms with Gasteiger partial charge in [-0.05, 0) is 41.5 Å². The molecule has 3 heterocycles. The summed E-state index contributed by atoms with van der Waals surface area (Å²) in [6.45, 7) is 0. The van der Waals surface area contributed by atoms with Crippen LogP contribution >= 0.6 is 0 Å². The van der Waals surface area contributed by atoms with Crippen molar-refractivity contribution in [2.45, 2.75) is 0 Å². The maximum atomic E-state index is 6.40. The molecule has 0 N–H and O–H groups in total. The molecule has 4 nitrogen and oxygen atoms in total. The summed E-state index contributed by atoms with van der Waals surface area (Å²) in [4.78, 5) is 9.98. The third-order valence-electron chi connectivity index (χ3n) is 7.10. The van der Waals surface area contributed by atoms with Crippen LogP contribution in [0.2, 0.25) is 0 Å². The van der Waals surface area contributed by atoms with Gasteiger partial charge in [-0.3, -0.25) is 0 Å². The van der Waals surface area contributed by atoms with Gasteiger partial charge in [0.2, 0.25) is 0 Å². The number of para-hydroxylation sites is 1. The summed E-state index contributed by atoms with van der Waals surface area (Å²) in [6.07, 6.45) is 0. The molecule has 0 bridgehead atoms. The predicted octanol–water partition coefficient (Wildman–Crippen LogP) is 9.28. The molecule has 0 aliphatic heterocycles. The lowest BCUT2D eigenvalue weighted by atomic mass is 10.0. The number of benzene rings is 5. The van der Waals surface area contributed by atoms with Crippen molar-refractivity contribution in [2.75, 3.05) is 0 Å². The van der Waals surface area contributed by atoms with Crippen molar-refractivity contribution in [2.24, 2.45) is 0 Å². The first kappa shape index (κ1) is 20.9. The van der Waals surface area contributed by atoms with Gasteiger partial charge in [0.05, 0.1) is 0 Å². The Hall–Kier alpha value is -5.22. The average Bonchev–Trinajstić information content (AvgIpc) is 3.55. The van der Waals surface area contributed by atoms with E-state index in [1.807, 2.05) is 78.9 Å². The van der Waals surface area contributed by atoms with Crippen molar-refractivity contribution in [3.05, 3.63) is 121 Å². The van der Waals surface area contributed by atoms with Crippen molar-refractivity contribution in [1.82, 2.24) is 9.97 Å². The minimum atomic E-state index is 0.677. The summed E-state index contributed by atoms with van der Waals surface area (Å²) in [5, 5.41) is 3.19. The molecule has 8 aromatic rings. The first-order valence-electron chi connectivity index (χ1n) is 12.6. The highest BCUT2D eigenvalue weighted by molar-refractivity contribution is 6.09. The number of nitrogens with zero attached hydrogens (tertiary/aromatic N) is 2. The van der Waals surface area contributed by atoms with E-state index >= 15 is 0 Å². The van der Waals surface area contributed by atoms with Crippen LogP contribution in [-0.2, 0) is 0 Å². The molecular formula is C34H20N2O2. The number of aromatic nitrogens is 2. The molecule has 5 aromatic carbocycles. The fourth-order valence-electron chi connectivity index (χ4n) is 5.24.